The van der Waals surface area contributed by atoms with Crippen molar-refractivity contribution in [2.24, 2.45) is 5.92 Å². The molecule has 0 spiro atoms. The Morgan fingerprint density at radius 3 is 2.71 bits per heavy atom. The summed E-state index contributed by atoms with van der Waals surface area (Å²) in [5.74, 6) is -0.730. The predicted molar refractivity (Wildman–Crippen MR) is 63.9 cm³/mol. The molecule has 0 saturated carbocycles. The van der Waals surface area contributed by atoms with Crippen molar-refractivity contribution >= 4 is 5.97 Å². The highest BCUT2D eigenvalue weighted by molar-refractivity contribution is 5.86. The Morgan fingerprint density at radius 2 is 2.14 bits per heavy atom. The second-order valence-corrected chi connectivity index (χ2v) is 4.79. The molecule has 0 bridgehead atoms. The highest BCUT2D eigenvalue weighted by Crippen LogP contribution is 2.22. The molecule has 2 aromatic heterocycles. The van der Waals surface area contributed by atoms with Crippen LogP contribution in [0.1, 0.15) is 48.2 Å². The zero-order valence-corrected chi connectivity index (χ0v) is 11.3. The molecule has 0 aliphatic rings. The van der Waals surface area contributed by atoms with Crippen LogP contribution in [0.5, 0.6) is 0 Å². The average Bonchev–Trinajstić information content (AvgIpc) is 2.96. The number of nitrogens with zero attached hydrogens (tertiary/aromatic N) is 5. The second-order valence-electron chi connectivity index (χ2n) is 4.79. The topological polar surface area (TPSA) is 107 Å². The first-order valence-electron chi connectivity index (χ1n) is 6.14. The Kier molecular flexibility index (Phi) is 4.24. The molecule has 1 N–H and O–H groups in total. The Morgan fingerprint density at radius 1 is 1.43 bits per heavy atom. The number of hydrogen-bond acceptors (Lipinski definition) is 6. The van der Waals surface area contributed by atoms with Crippen molar-refractivity contribution in [1.29, 1.82) is 0 Å². The number of carbonyl (C=O) groups is 1. The monoisotopic (exact) mass is 301 g/mol. The number of hydrogen-bond donors (Lipinski definition) is 1. The molecular weight excluding hydrogens is 288 g/mol. The second kappa shape index (κ2) is 5.94. The van der Waals surface area contributed by atoms with Crippen molar-refractivity contribution in [3.05, 3.63) is 23.1 Å². The largest absolute Gasteiger partial charge is 0.476 e. The van der Waals surface area contributed by atoms with Crippen molar-refractivity contribution in [3.63, 3.8) is 0 Å². The number of carboxylic acid groups (broad SMARTS) is 1. The van der Waals surface area contributed by atoms with Gasteiger partial charge in [0, 0.05) is 6.42 Å². The molecule has 0 saturated heterocycles. The fraction of sp³-hybridized carbons (Fsp3) is 0.545. The van der Waals surface area contributed by atoms with Crippen LogP contribution in [0.2, 0.25) is 0 Å². The summed E-state index contributed by atoms with van der Waals surface area (Å²) < 4.78 is 31.5. The minimum absolute atomic E-state index is 0.0642. The molecule has 0 unspecified atom stereocenters. The molecular formula is C11H13F2N5O3. The molecule has 0 aliphatic carbocycles. The molecule has 0 amide bonds. The fourth-order valence-electron chi connectivity index (χ4n) is 1.74. The van der Waals surface area contributed by atoms with Crippen LogP contribution in [0.15, 0.2) is 4.52 Å². The van der Waals surface area contributed by atoms with E-state index in [1.165, 1.54) is 0 Å². The van der Waals surface area contributed by atoms with E-state index in [1.54, 1.807) is 0 Å². The van der Waals surface area contributed by atoms with E-state index in [9.17, 15) is 13.6 Å². The highest BCUT2D eigenvalue weighted by atomic mass is 19.3. The number of rotatable bonds is 6. The zero-order chi connectivity index (χ0) is 15.6. The van der Waals surface area contributed by atoms with Gasteiger partial charge in [-0.1, -0.05) is 24.2 Å². The molecule has 2 heterocycles. The lowest BCUT2D eigenvalue weighted by molar-refractivity contribution is 0.0675. The van der Waals surface area contributed by atoms with Crippen LogP contribution in [0.4, 0.5) is 8.78 Å². The van der Waals surface area contributed by atoms with Crippen molar-refractivity contribution in [1.82, 2.24) is 25.1 Å². The molecule has 0 aromatic carbocycles. The molecule has 2 rings (SSSR count). The van der Waals surface area contributed by atoms with E-state index in [4.69, 9.17) is 9.63 Å². The van der Waals surface area contributed by atoms with Crippen LogP contribution in [0.3, 0.4) is 0 Å². The van der Waals surface area contributed by atoms with Crippen LogP contribution < -0.4 is 0 Å². The number of carboxylic acids is 1. The lowest BCUT2D eigenvalue weighted by Gasteiger charge is -2.02. The van der Waals surface area contributed by atoms with Crippen LogP contribution in [-0.4, -0.2) is 36.2 Å². The number of halogens is 2. The van der Waals surface area contributed by atoms with Crippen LogP contribution in [0, 0.1) is 5.92 Å². The van der Waals surface area contributed by atoms with E-state index in [-0.39, 0.29) is 12.4 Å². The van der Waals surface area contributed by atoms with E-state index >= 15 is 0 Å². The van der Waals surface area contributed by atoms with Gasteiger partial charge in [0.05, 0.1) is 0 Å². The van der Waals surface area contributed by atoms with Gasteiger partial charge in [-0.15, -0.1) is 5.10 Å². The summed E-state index contributed by atoms with van der Waals surface area (Å²) in [6.07, 6.45) is -2.44. The first-order chi connectivity index (χ1) is 9.88. The Hall–Kier alpha value is -2.39. The van der Waals surface area contributed by atoms with Crippen LogP contribution in [0.25, 0.3) is 0 Å². The maximum atomic E-state index is 12.9. The quantitative estimate of drug-likeness (QED) is 0.862. The number of aromatic carboxylic acids is 1. The molecule has 2 aromatic rings. The minimum Gasteiger partial charge on any atom is -0.476 e. The first-order valence-corrected chi connectivity index (χ1v) is 6.14. The molecule has 0 atom stereocenters. The van der Waals surface area contributed by atoms with E-state index < -0.39 is 23.8 Å². The number of alkyl halides is 2. The standard InChI is InChI=1S/C11H13F2N5O3/c1-5(2)3-6-14-7(21-16-6)4-18-9(10(12)13)8(11(19)20)15-17-18/h5,10H,3-4H2,1-2H3,(H,19,20). The third-order valence-corrected chi connectivity index (χ3v) is 2.57. The fourth-order valence-corrected chi connectivity index (χ4v) is 1.74. The average molecular weight is 301 g/mol. The maximum Gasteiger partial charge on any atom is 0.358 e. The summed E-state index contributed by atoms with van der Waals surface area (Å²) in [6.45, 7) is 3.69. The van der Waals surface area contributed by atoms with Gasteiger partial charge in [0.25, 0.3) is 6.43 Å². The van der Waals surface area contributed by atoms with Crippen molar-refractivity contribution in [3.8, 4) is 0 Å². The molecule has 0 radical (unpaired) electrons. The Labute approximate surface area is 117 Å². The van der Waals surface area contributed by atoms with Gasteiger partial charge in [-0.3, -0.25) is 0 Å². The summed E-state index contributed by atoms with van der Waals surface area (Å²) in [7, 11) is 0. The van der Waals surface area contributed by atoms with Gasteiger partial charge in [-0.25, -0.2) is 18.3 Å². The highest BCUT2D eigenvalue weighted by Gasteiger charge is 2.27. The molecule has 0 fully saturated rings. The molecule has 21 heavy (non-hydrogen) atoms. The van der Waals surface area contributed by atoms with Gasteiger partial charge in [0.2, 0.25) is 5.89 Å². The summed E-state index contributed by atoms with van der Waals surface area (Å²) in [5, 5.41) is 19.1. The summed E-state index contributed by atoms with van der Waals surface area (Å²) in [5.41, 5.74) is -1.57. The van der Waals surface area contributed by atoms with Crippen molar-refractivity contribution < 1.29 is 23.2 Å². The lowest BCUT2D eigenvalue weighted by atomic mass is 10.1. The maximum absolute atomic E-state index is 12.9. The molecule has 8 nitrogen and oxygen atoms in total. The normalized spacial score (nSPS) is 11.5. The van der Waals surface area contributed by atoms with Crippen molar-refractivity contribution in [2.45, 2.75) is 33.2 Å². The SMILES string of the molecule is CC(C)Cc1noc(Cn2nnc(C(=O)O)c2C(F)F)n1. The van der Waals surface area contributed by atoms with Crippen LogP contribution >= 0.6 is 0 Å². The predicted octanol–water partition coefficient (Wildman–Crippen LogP) is 1.54. The smallest absolute Gasteiger partial charge is 0.358 e. The minimum atomic E-state index is -3.02. The van der Waals surface area contributed by atoms with E-state index in [0.717, 1.165) is 4.68 Å². The van der Waals surface area contributed by atoms with E-state index in [0.29, 0.717) is 18.2 Å². The third kappa shape index (κ3) is 3.38. The summed E-state index contributed by atoms with van der Waals surface area (Å²) in [4.78, 5) is 14.9. The molecule has 114 valence electrons. The van der Waals surface area contributed by atoms with Gasteiger partial charge >= 0.3 is 5.97 Å². The van der Waals surface area contributed by atoms with Gasteiger partial charge in [0.15, 0.2) is 11.5 Å². The van der Waals surface area contributed by atoms with Crippen LogP contribution in [-0.2, 0) is 13.0 Å². The van der Waals surface area contributed by atoms with E-state index in [1.807, 2.05) is 13.8 Å². The lowest BCUT2D eigenvalue weighted by Crippen LogP contribution is -2.10. The summed E-state index contributed by atoms with van der Waals surface area (Å²) >= 11 is 0. The van der Waals surface area contributed by atoms with Gasteiger partial charge in [-0.2, -0.15) is 4.98 Å². The first kappa shape index (κ1) is 15.0. The Bertz CT molecular complexity index is 638. The van der Waals surface area contributed by atoms with Gasteiger partial charge in [0.1, 0.15) is 12.2 Å². The summed E-state index contributed by atoms with van der Waals surface area (Å²) in [6, 6.07) is 0. The van der Waals surface area contributed by atoms with Crippen molar-refractivity contribution in [2.75, 3.05) is 0 Å². The third-order valence-electron chi connectivity index (χ3n) is 2.57. The Balaban J connectivity index is 2.23. The zero-order valence-electron chi connectivity index (χ0n) is 11.3. The van der Waals surface area contributed by atoms with Gasteiger partial charge < -0.3 is 9.63 Å². The molecule has 0 aliphatic heterocycles. The molecule has 10 heteroatoms. The number of aromatic nitrogens is 5. The van der Waals surface area contributed by atoms with Gasteiger partial charge in [-0.05, 0) is 5.92 Å². The van der Waals surface area contributed by atoms with E-state index in [2.05, 4.69) is 20.5 Å².